The van der Waals surface area contributed by atoms with Crippen LogP contribution in [0.2, 0.25) is 0 Å². The van der Waals surface area contributed by atoms with Gasteiger partial charge in [-0.15, -0.1) is 0 Å². The molecule has 0 unspecified atom stereocenters. The quantitative estimate of drug-likeness (QED) is 0.142. The molecule has 0 atom stereocenters. The van der Waals surface area contributed by atoms with Gasteiger partial charge in [0, 0.05) is 0 Å². The van der Waals surface area contributed by atoms with Crippen LogP contribution in [0.1, 0.15) is 0 Å². The summed E-state index contributed by atoms with van der Waals surface area (Å²) in [5, 5.41) is 8.05. The minimum absolute atomic E-state index is 0. The molecule has 0 saturated heterocycles. The zero-order valence-corrected chi connectivity index (χ0v) is 26.1. The summed E-state index contributed by atoms with van der Waals surface area (Å²) in [6.45, 7) is 0. The summed E-state index contributed by atoms with van der Waals surface area (Å²) in [7, 11) is 3.85. The molecule has 40 heavy (non-hydrogen) atoms. The Bertz CT molecular complexity index is 1140. The topological polar surface area (TPSA) is 0 Å². The third-order valence-corrected chi connectivity index (χ3v) is 8.65. The fourth-order valence-electron chi connectivity index (χ4n) is 3.46. The van der Waals surface area contributed by atoms with Crippen molar-refractivity contribution in [2.24, 2.45) is 0 Å². The standard InChI is InChI=1S/3C12H10P.Al/c3*1-3-7-11(8-4-1)13-12-9-5-2-6-10-12;/h3*1-10H;/q3*-1;+3. The molecule has 0 aromatic heterocycles. The van der Waals surface area contributed by atoms with Crippen molar-refractivity contribution in [2.75, 3.05) is 0 Å². The van der Waals surface area contributed by atoms with E-state index in [1.54, 1.807) is 0 Å². The first-order valence-corrected chi connectivity index (χ1v) is 15.5. The predicted octanol–water partition coefficient (Wildman–Crippen LogP) is 7.37. The molecule has 0 heterocycles. The van der Waals surface area contributed by atoms with Crippen LogP contribution in [0.3, 0.4) is 0 Å². The third-order valence-electron chi connectivity index (χ3n) is 5.31. The Morgan fingerprint density at radius 1 is 0.200 bits per heavy atom. The SMILES string of the molecule is [Al+3].c1ccc([P-]c2ccccc2)cc1.c1ccc([P-]c2ccccc2)cc1.c1ccc([P-]c2ccccc2)cc1. The van der Waals surface area contributed by atoms with Crippen LogP contribution in [0.5, 0.6) is 0 Å². The van der Waals surface area contributed by atoms with Gasteiger partial charge in [0.25, 0.3) is 0 Å². The van der Waals surface area contributed by atoms with E-state index in [0.717, 1.165) is 0 Å². The monoisotopic (exact) mass is 582 g/mol. The van der Waals surface area contributed by atoms with Crippen LogP contribution in [0, 0.1) is 0 Å². The molecular weight excluding hydrogens is 552 g/mol. The predicted molar refractivity (Wildman–Crippen MR) is 183 cm³/mol. The van der Waals surface area contributed by atoms with Gasteiger partial charge < -0.3 is 25.7 Å². The van der Waals surface area contributed by atoms with Crippen molar-refractivity contribution >= 4 is 74.9 Å². The van der Waals surface area contributed by atoms with E-state index in [1.165, 1.54) is 57.6 Å². The van der Waals surface area contributed by atoms with Crippen LogP contribution in [-0.4, -0.2) is 17.4 Å². The number of hydrogen-bond acceptors (Lipinski definition) is 0. The first-order chi connectivity index (χ1) is 19.3. The van der Waals surface area contributed by atoms with Crippen LogP contribution < -0.4 is 31.8 Å². The molecule has 4 heteroatoms. The van der Waals surface area contributed by atoms with Crippen molar-refractivity contribution in [3.05, 3.63) is 182 Å². The first kappa shape index (κ1) is 31.7. The molecule has 0 aliphatic carbocycles. The van der Waals surface area contributed by atoms with E-state index in [2.05, 4.69) is 146 Å². The second-order valence-electron chi connectivity index (χ2n) is 8.35. The van der Waals surface area contributed by atoms with Gasteiger partial charge >= 0.3 is 17.4 Å². The van der Waals surface area contributed by atoms with E-state index in [9.17, 15) is 0 Å². The van der Waals surface area contributed by atoms with Crippen molar-refractivity contribution in [1.82, 2.24) is 0 Å². The Labute approximate surface area is 255 Å². The summed E-state index contributed by atoms with van der Waals surface area (Å²) in [4.78, 5) is 0. The summed E-state index contributed by atoms with van der Waals surface area (Å²) in [5.41, 5.74) is 0. The maximum Gasteiger partial charge on any atom is 3.00 e. The maximum absolute atomic E-state index is 2.15. The van der Waals surface area contributed by atoms with Crippen LogP contribution in [0.25, 0.3) is 0 Å². The zero-order chi connectivity index (χ0) is 26.8. The van der Waals surface area contributed by atoms with Crippen LogP contribution in [0.4, 0.5) is 0 Å². The first-order valence-electron chi connectivity index (χ1n) is 12.8. The van der Waals surface area contributed by atoms with Crippen LogP contribution >= 0.6 is 25.7 Å². The van der Waals surface area contributed by atoms with E-state index in [1.807, 2.05) is 36.4 Å². The molecule has 0 spiro atoms. The zero-order valence-electron chi connectivity index (χ0n) is 22.2. The number of hydrogen-bond donors (Lipinski definition) is 0. The van der Waals surface area contributed by atoms with Crippen molar-refractivity contribution < 1.29 is 0 Å². The Morgan fingerprint density at radius 2 is 0.325 bits per heavy atom. The third kappa shape index (κ3) is 12.5. The van der Waals surface area contributed by atoms with E-state index < -0.39 is 0 Å². The Hall–Kier alpha value is -2.86. The van der Waals surface area contributed by atoms with Gasteiger partial charge in [-0.25, -0.2) is 31.8 Å². The molecule has 0 bridgehead atoms. The summed E-state index contributed by atoms with van der Waals surface area (Å²) in [6, 6.07) is 62.9. The van der Waals surface area contributed by atoms with E-state index in [4.69, 9.17) is 0 Å². The molecule has 192 valence electrons. The molecule has 0 aliphatic heterocycles. The Kier molecular flexibility index (Phi) is 15.2. The Balaban J connectivity index is 0.000000163. The molecule has 6 aromatic carbocycles. The fourth-order valence-corrected chi connectivity index (χ4v) is 6.28. The van der Waals surface area contributed by atoms with Gasteiger partial charge in [0.05, 0.1) is 0 Å². The molecule has 0 amide bonds. The number of rotatable bonds is 6. The average molecular weight is 583 g/mol. The molecule has 6 aromatic rings. The largest absolute Gasteiger partial charge is 3.00 e. The van der Waals surface area contributed by atoms with Crippen LogP contribution in [-0.2, 0) is 0 Å². The van der Waals surface area contributed by atoms with Crippen molar-refractivity contribution in [3.8, 4) is 0 Å². The Morgan fingerprint density at radius 3 is 0.450 bits per heavy atom. The van der Waals surface area contributed by atoms with E-state index >= 15 is 0 Å². The van der Waals surface area contributed by atoms with E-state index in [-0.39, 0.29) is 17.4 Å². The van der Waals surface area contributed by atoms with Crippen molar-refractivity contribution in [3.63, 3.8) is 0 Å². The molecule has 0 aliphatic rings. The minimum Gasteiger partial charge on any atom is -0.472 e. The molecular formula is C36H30AlP3. The fraction of sp³-hybridized carbons (Fsp3) is 0. The van der Waals surface area contributed by atoms with Gasteiger partial charge in [0.15, 0.2) is 0 Å². The van der Waals surface area contributed by atoms with Crippen molar-refractivity contribution in [1.29, 1.82) is 0 Å². The van der Waals surface area contributed by atoms with Gasteiger partial charge in [-0.3, -0.25) is 0 Å². The van der Waals surface area contributed by atoms with Gasteiger partial charge in [-0.05, 0) is 0 Å². The van der Waals surface area contributed by atoms with Crippen molar-refractivity contribution in [2.45, 2.75) is 0 Å². The summed E-state index contributed by atoms with van der Waals surface area (Å²) in [5.74, 6) is 0. The van der Waals surface area contributed by atoms with E-state index in [0.29, 0.717) is 0 Å². The number of benzene rings is 6. The van der Waals surface area contributed by atoms with Gasteiger partial charge in [0.2, 0.25) is 0 Å². The molecule has 0 N–H and O–H groups in total. The molecule has 6 rings (SSSR count). The van der Waals surface area contributed by atoms with Gasteiger partial charge in [-0.1, -0.05) is 182 Å². The summed E-state index contributed by atoms with van der Waals surface area (Å²) in [6.07, 6.45) is 0. The average Bonchev–Trinajstić information content (AvgIpc) is 3.01. The second-order valence-corrected chi connectivity index (χ2v) is 12.1. The van der Waals surface area contributed by atoms with Gasteiger partial charge in [0.1, 0.15) is 0 Å². The summed E-state index contributed by atoms with van der Waals surface area (Å²) < 4.78 is 0. The van der Waals surface area contributed by atoms with Crippen LogP contribution in [0.15, 0.2) is 182 Å². The second kappa shape index (κ2) is 19.3. The maximum atomic E-state index is 2.15. The smallest absolute Gasteiger partial charge is 0.472 e. The normalized spacial score (nSPS) is 9.60. The minimum atomic E-state index is 0. The molecule has 0 fully saturated rings. The molecule has 0 nitrogen and oxygen atoms in total. The van der Waals surface area contributed by atoms with Gasteiger partial charge in [-0.2, -0.15) is 0 Å². The summed E-state index contributed by atoms with van der Waals surface area (Å²) >= 11 is 0. The molecule has 0 radical (unpaired) electrons. The molecule has 0 saturated carbocycles.